The second-order valence-electron chi connectivity index (χ2n) is 5.23. The van der Waals surface area contributed by atoms with Gasteiger partial charge in [-0.2, -0.15) is 0 Å². The molecule has 0 aliphatic carbocycles. The van der Waals surface area contributed by atoms with Crippen molar-refractivity contribution in [2.24, 2.45) is 0 Å². The van der Waals surface area contributed by atoms with Crippen LogP contribution in [0, 0.1) is 0 Å². The van der Waals surface area contributed by atoms with Gasteiger partial charge in [-0.1, -0.05) is 45.4 Å². The molecule has 0 saturated heterocycles. The van der Waals surface area contributed by atoms with Crippen molar-refractivity contribution >= 4 is 12.0 Å². The molecule has 0 aliphatic heterocycles. The van der Waals surface area contributed by atoms with E-state index in [4.69, 9.17) is 15.2 Å². The molecule has 0 spiro atoms. The molecule has 4 nitrogen and oxygen atoms in total. The summed E-state index contributed by atoms with van der Waals surface area (Å²) in [7, 11) is 1.55. The molecule has 0 bridgehead atoms. The Balaban J connectivity index is 2.36. The van der Waals surface area contributed by atoms with E-state index in [1.54, 1.807) is 19.2 Å². The molecule has 1 rings (SSSR count). The molecule has 0 atom stereocenters. The number of benzene rings is 1. The van der Waals surface area contributed by atoms with Crippen LogP contribution in [0.5, 0.6) is 11.5 Å². The first kappa shape index (κ1) is 17.3. The van der Waals surface area contributed by atoms with Gasteiger partial charge in [-0.25, -0.2) is 0 Å². The number of carbonyl (C=O) groups is 1. The topological polar surface area (TPSA) is 61.5 Å². The van der Waals surface area contributed by atoms with E-state index in [0.717, 1.165) is 12.7 Å². The lowest BCUT2D eigenvalue weighted by atomic mass is 10.1. The fourth-order valence-electron chi connectivity index (χ4n) is 2.25. The SMILES string of the molecule is CCCCCCCCCOc1c(N)cc(C=O)cc1OC. The summed E-state index contributed by atoms with van der Waals surface area (Å²) < 4.78 is 10.9. The van der Waals surface area contributed by atoms with Crippen molar-refractivity contribution in [1.82, 2.24) is 0 Å². The number of anilines is 1. The minimum atomic E-state index is 0.444. The van der Waals surface area contributed by atoms with Crippen LogP contribution in [0.4, 0.5) is 5.69 Å². The van der Waals surface area contributed by atoms with E-state index in [2.05, 4.69) is 6.92 Å². The van der Waals surface area contributed by atoms with Crippen LogP contribution in [0.2, 0.25) is 0 Å². The van der Waals surface area contributed by atoms with Gasteiger partial charge in [-0.05, 0) is 18.6 Å². The van der Waals surface area contributed by atoms with Gasteiger partial charge in [0, 0.05) is 5.56 Å². The van der Waals surface area contributed by atoms with Crippen molar-refractivity contribution in [3.63, 3.8) is 0 Å². The molecular formula is C17H27NO3. The van der Waals surface area contributed by atoms with E-state index in [9.17, 15) is 4.79 Å². The third-order valence-corrected chi connectivity index (χ3v) is 3.46. The maximum Gasteiger partial charge on any atom is 0.184 e. The number of methoxy groups -OCH3 is 1. The lowest BCUT2D eigenvalue weighted by Gasteiger charge is -2.13. The second kappa shape index (κ2) is 10.1. The maximum atomic E-state index is 10.8. The first-order valence-corrected chi connectivity index (χ1v) is 7.78. The van der Waals surface area contributed by atoms with E-state index >= 15 is 0 Å². The van der Waals surface area contributed by atoms with Crippen molar-refractivity contribution in [2.75, 3.05) is 19.5 Å². The quantitative estimate of drug-likeness (QED) is 0.377. The molecule has 0 fully saturated rings. The molecule has 0 radical (unpaired) electrons. The second-order valence-corrected chi connectivity index (χ2v) is 5.23. The van der Waals surface area contributed by atoms with Crippen LogP contribution in [-0.4, -0.2) is 20.0 Å². The first-order valence-electron chi connectivity index (χ1n) is 7.78. The predicted molar refractivity (Wildman–Crippen MR) is 86.3 cm³/mol. The van der Waals surface area contributed by atoms with Crippen LogP contribution in [0.25, 0.3) is 0 Å². The van der Waals surface area contributed by atoms with Crippen LogP contribution in [0.1, 0.15) is 62.2 Å². The smallest absolute Gasteiger partial charge is 0.184 e. The summed E-state index contributed by atoms with van der Waals surface area (Å²) in [5, 5.41) is 0. The zero-order valence-corrected chi connectivity index (χ0v) is 13.2. The average molecular weight is 293 g/mol. The first-order chi connectivity index (χ1) is 10.2. The largest absolute Gasteiger partial charge is 0.493 e. The summed E-state index contributed by atoms with van der Waals surface area (Å²) in [6, 6.07) is 3.25. The Bertz CT molecular complexity index is 432. The maximum absolute atomic E-state index is 10.8. The van der Waals surface area contributed by atoms with Crippen LogP contribution in [0.15, 0.2) is 12.1 Å². The zero-order chi connectivity index (χ0) is 15.5. The fourth-order valence-corrected chi connectivity index (χ4v) is 2.25. The number of ether oxygens (including phenoxy) is 2. The highest BCUT2D eigenvalue weighted by atomic mass is 16.5. The molecule has 0 aromatic heterocycles. The zero-order valence-electron chi connectivity index (χ0n) is 13.2. The number of nitrogen functional groups attached to an aromatic ring is 1. The standard InChI is InChI=1S/C17H27NO3/c1-3-4-5-6-7-8-9-10-21-17-15(18)11-14(13-19)12-16(17)20-2/h11-13H,3-10,18H2,1-2H3. The lowest BCUT2D eigenvalue weighted by Crippen LogP contribution is -2.03. The lowest BCUT2D eigenvalue weighted by molar-refractivity contribution is 0.112. The van der Waals surface area contributed by atoms with E-state index in [-0.39, 0.29) is 0 Å². The van der Waals surface area contributed by atoms with E-state index in [1.807, 2.05) is 0 Å². The molecule has 0 heterocycles. The van der Waals surface area contributed by atoms with Crippen LogP contribution < -0.4 is 15.2 Å². The molecule has 1 aromatic rings. The molecule has 21 heavy (non-hydrogen) atoms. The van der Waals surface area contributed by atoms with Crippen molar-refractivity contribution < 1.29 is 14.3 Å². The van der Waals surface area contributed by atoms with Gasteiger partial charge < -0.3 is 15.2 Å². The molecule has 118 valence electrons. The Hall–Kier alpha value is -1.71. The van der Waals surface area contributed by atoms with Crippen LogP contribution in [-0.2, 0) is 0 Å². The van der Waals surface area contributed by atoms with Crippen molar-refractivity contribution in [3.05, 3.63) is 17.7 Å². The van der Waals surface area contributed by atoms with Gasteiger partial charge in [0.15, 0.2) is 11.5 Å². The number of hydrogen-bond donors (Lipinski definition) is 1. The molecule has 2 N–H and O–H groups in total. The summed E-state index contributed by atoms with van der Waals surface area (Å²) in [6.07, 6.45) is 9.40. The Morgan fingerprint density at radius 2 is 1.76 bits per heavy atom. The van der Waals surface area contributed by atoms with Gasteiger partial charge in [0.25, 0.3) is 0 Å². The summed E-state index contributed by atoms with van der Waals surface area (Å²) in [5.41, 5.74) is 6.84. The Morgan fingerprint density at radius 1 is 1.10 bits per heavy atom. The average Bonchev–Trinajstić information content (AvgIpc) is 2.50. The number of rotatable bonds is 11. The van der Waals surface area contributed by atoms with Gasteiger partial charge >= 0.3 is 0 Å². The number of unbranched alkanes of at least 4 members (excludes halogenated alkanes) is 6. The summed E-state index contributed by atoms with van der Waals surface area (Å²) in [4.78, 5) is 10.8. The Labute approximate surface area is 127 Å². The molecule has 1 aromatic carbocycles. The number of aldehydes is 1. The minimum absolute atomic E-state index is 0.444. The summed E-state index contributed by atoms with van der Waals surface area (Å²) >= 11 is 0. The summed E-state index contributed by atoms with van der Waals surface area (Å²) in [6.45, 7) is 2.84. The highest BCUT2D eigenvalue weighted by Gasteiger charge is 2.10. The van der Waals surface area contributed by atoms with Gasteiger partial charge in [0.2, 0.25) is 0 Å². The number of carbonyl (C=O) groups excluding carboxylic acids is 1. The van der Waals surface area contributed by atoms with Crippen molar-refractivity contribution in [1.29, 1.82) is 0 Å². The Morgan fingerprint density at radius 3 is 2.38 bits per heavy atom. The molecule has 0 unspecified atom stereocenters. The summed E-state index contributed by atoms with van der Waals surface area (Å²) in [5.74, 6) is 1.05. The van der Waals surface area contributed by atoms with Crippen molar-refractivity contribution in [3.8, 4) is 11.5 Å². The number of hydrogen-bond acceptors (Lipinski definition) is 4. The highest BCUT2D eigenvalue weighted by molar-refractivity contribution is 5.80. The fraction of sp³-hybridized carbons (Fsp3) is 0.588. The normalized spacial score (nSPS) is 10.4. The van der Waals surface area contributed by atoms with Gasteiger partial charge in [0.1, 0.15) is 6.29 Å². The van der Waals surface area contributed by atoms with Gasteiger partial charge in [-0.15, -0.1) is 0 Å². The van der Waals surface area contributed by atoms with E-state index < -0.39 is 0 Å². The predicted octanol–water partition coefficient (Wildman–Crippen LogP) is 4.22. The third kappa shape index (κ3) is 6.06. The van der Waals surface area contributed by atoms with E-state index in [1.165, 1.54) is 38.5 Å². The number of nitrogens with two attached hydrogens (primary N) is 1. The molecule has 0 saturated carbocycles. The molecular weight excluding hydrogens is 266 g/mol. The third-order valence-electron chi connectivity index (χ3n) is 3.46. The molecule has 4 heteroatoms. The van der Waals surface area contributed by atoms with Crippen LogP contribution >= 0.6 is 0 Å². The molecule has 0 amide bonds. The highest BCUT2D eigenvalue weighted by Crippen LogP contribution is 2.34. The Kier molecular flexibility index (Phi) is 8.32. The minimum Gasteiger partial charge on any atom is -0.493 e. The van der Waals surface area contributed by atoms with Gasteiger partial charge in [0.05, 0.1) is 19.4 Å². The molecule has 0 aliphatic rings. The van der Waals surface area contributed by atoms with Gasteiger partial charge in [-0.3, -0.25) is 4.79 Å². The van der Waals surface area contributed by atoms with Crippen LogP contribution in [0.3, 0.4) is 0 Å². The monoisotopic (exact) mass is 293 g/mol. The van der Waals surface area contributed by atoms with Crippen molar-refractivity contribution in [2.45, 2.75) is 51.9 Å². The van der Waals surface area contributed by atoms with E-state index in [0.29, 0.717) is 29.4 Å².